The summed E-state index contributed by atoms with van der Waals surface area (Å²) >= 11 is 3.29. The Labute approximate surface area is 166 Å². The fraction of sp³-hybridized carbons (Fsp3) is 0.421. The van der Waals surface area contributed by atoms with E-state index in [0.717, 1.165) is 23.1 Å². The van der Waals surface area contributed by atoms with E-state index in [4.69, 9.17) is 14.2 Å². The molecule has 1 saturated heterocycles. The fourth-order valence-electron chi connectivity index (χ4n) is 2.81. The van der Waals surface area contributed by atoms with E-state index in [1.165, 1.54) is 0 Å². The first-order chi connectivity index (χ1) is 13.1. The minimum Gasteiger partial charge on any atom is -0.494 e. The van der Waals surface area contributed by atoms with Crippen molar-refractivity contribution < 1.29 is 19.0 Å². The van der Waals surface area contributed by atoms with Crippen LogP contribution in [0.5, 0.6) is 17.5 Å². The Morgan fingerprint density at radius 3 is 2.52 bits per heavy atom. The molecule has 2 heterocycles. The molecule has 0 aliphatic carbocycles. The Morgan fingerprint density at radius 2 is 1.85 bits per heavy atom. The zero-order valence-electron chi connectivity index (χ0n) is 15.1. The van der Waals surface area contributed by atoms with Gasteiger partial charge in [0, 0.05) is 18.9 Å². The number of piperidine rings is 1. The average molecular weight is 436 g/mol. The number of carbonyl (C=O) groups is 1. The Balaban J connectivity index is 1.48. The summed E-state index contributed by atoms with van der Waals surface area (Å²) in [5.74, 6) is 1.36. The summed E-state index contributed by atoms with van der Waals surface area (Å²) in [6, 6.07) is 7.57. The van der Waals surface area contributed by atoms with Crippen molar-refractivity contribution in [1.82, 2.24) is 14.9 Å². The zero-order chi connectivity index (χ0) is 19.1. The number of carbonyl (C=O) groups excluding carboxylic acids is 1. The highest BCUT2D eigenvalue weighted by Crippen LogP contribution is 2.19. The van der Waals surface area contributed by atoms with Crippen molar-refractivity contribution in [3.05, 3.63) is 41.1 Å². The van der Waals surface area contributed by atoms with Gasteiger partial charge in [0.25, 0.3) is 5.91 Å². The lowest BCUT2D eigenvalue weighted by molar-refractivity contribution is -0.136. The van der Waals surface area contributed by atoms with Gasteiger partial charge in [-0.05, 0) is 60.0 Å². The van der Waals surface area contributed by atoms with Crippen LogP contribution in [0.25, 0.3) is 0 Å². The van der Waals surface area contributed by atoms with Gasteiger partial charge >= 0.3 is 6.01 Å². The summed E-state index contributed by atoms with van der Waals surface area (Å²) in [4.78, 5) is 22.5. The Hall–Kier alpha value is -2.35. The molecule has 1 aromatic heterocycles. The average Bonchev–Trinajstić information content (AvgIpc) is 2.69. The molecule has 1 fully saturated rings. The van der Waals surface area contributed by atoms with Crippen LogP contribution in [-0.2, 0) is 4.79 Å². The molecule has 0 spiro atoms. The molecule has 8 heteroatoms. The van der Waals surface area contributed by atoms with Gasteiger partial charge < -0.3 is 19.1 Å². The summed E-state index contributed by atoms with van der Waals surface area (Å²) in [6.07, 6.45) is 4.89. The Bertz CT molecular complexity index is 740. The molecule has 1 amide bonds. The molecular formula is C19H22BrN3O4. The van der Waals surface area contributed by atoms with Crippen LogP contribution in [0.4, 0.5) is 0 Å². The maximum Gasteiger partial charge on any atom is 0.316 e. The lowest BCUT2D eigenvalue weighted by Gasteiger charge is -2.32. The van der Waals surface area contributed by atoms with Crippen LogP contribution >= 0.6 is 15.9 Å². The predicted octanol–water partition coefficient (Wildman–Crippen LogP) is 3.09. The number of amides is 1. The molecule has 7 nitrogen and oxygen atoms in total. The zero-order valence-corrected chi connectivity index (χ0v) is 16.7. The lowest BCUT2D eigenvalue weighted by atomic mass is 10.1. The lowest BCUT2D eigenvalue weighted by Crippen LogP contribution is -2.46. The molecule has 0 N–H and O–H groups in total. The second-order valence-electron chi connectivity index (χ2n) is 6.10. The number of ether oxygens (including phenoxy) is 3. The summed E-state index contributed by atoms with van der Waals surface area (Å²) in [5, 5.41) is 0. The monoisotopic (exact) mass is 435 g/mol. The molecule has 0 bridgehead atoms. The molecule has 1 aliphatic heterocycles. The van der Waals surface area contributed by atoms with Gasteiger partial charge in [-0.2, -0.15) is 0 Å². The third-order valence-corrected chi connectivity index (χ3v) is 4.51. The number of benzene rings is 1. The number of hydrogen-bond donors (Lipinski definition) is 0. The maximum absolute atomic E-state index is 12.5. The van der Waals surface area contributed by atoms with Gasteiger partial charge in [-0.15, -0.1) is 0 Å². The number of hydrogen-bond acceptors (Lipinski definition) is 6. The van der Waals surface area contributed by atoms with Crippen LogP contribution in [0.15, 0.2) is 41.1 Å². The van der Waals surface area contributed by atoms with Gasteiger partial charge in [0.1, 0.15) is 17.6 Å². The van der Waals surface area contributed by atoms with Gasteiger partial charge in [-0.1, -0.05) is 0 Å². The molecular weight excluding hydrogens is 414 g/mol. The highest BCUT2D eigenvalue weighted by Gasteiger charge is 2.25. The number of halogens is 1. The van der Waals surface area contributed by atoms with Gasteiger partial charge in [0.15, 0.2) is 6.61 Å². The van der Waals surface area contributed by atoms with Crippen LogP contribution in [0, 0.1) is 0 Å². The second kappa shape index (κ2) is 9.55. The predicted molar refractivity (Wildman–Crippen MR) is 103 cm³/mol. The number of aromatic nitrogens is 2. The fourth-order valence-corrected chi connectivity index (χ4v) is 3.01. The van der Waals surface area contributed by atoms with Crippen molar-refractivity contribution in [1.29, 1.82) is 0 Å². The topological polar surface area (TPSA) is 73.8 Å². The SMILES string of the molecule is CCOc1ccc(OCC(=O)N2CCCC(Oc3ncc(Br)cn3)C2)cc1. The van der Waals surface area contributed by atoms with Crippen molar-refractivity contribution >= 4 is 21.8 Å². The normalized spacial score (nSPS) is 16.7. The minimum absolute atomic E-state index is 0.00448. The summed E-state index contributed by atoms with van der Waals surface area (Å²) in [7, 11) is 0. The van der Waals surface area contributed by atoms with Crippen molar-refractivity contribution in [2.24, 2.45) is 0 Å². The first kappa shape index (κ1) is 19.4. The van der Waals surface area contributed by atoms with Crippen molar-refractivity contribution in [3.8, 4) is 17.5 Å². The van der Waals surface area contributed by atoms with Crippen molar-refractivity contribution in [2.75, 3.05) is 26.3 Å². The molecule has 1 aromatic carbocycles. The van der Waals surface area contributed by atoms with Gasteiger partial charge in [0.2, 0.25) is 0 Å². The van der Waals surface area contributed by atoms with E-state index in [1.807, 2.05) is 19.1 Å². The third kappa shape index (κ3) is 5.82. The highest BCUT2D eigenvalue weighted by molar-refractivity contribution is 9.10. The van der Waals surface area contributed by atoms with E-state index in [1.54, 1.807) is 29.4 Å². The van der Waals surface area contributed by atoms with Crippen LogP contribution in [0.3, 0.4) is 0 Å². The molecule has 144 valence electrons. The molecule has 2 aromatic rings. The van der Waals surface area contributed by atoms with Crippen LogP contribution in [0.1, 0.15) is 19.8 Å². The van der Waals surface area contributed by atoms with Crippen molar-refractivity contribution in [2.45, 2.75) is 25.9 Å². The van der Waals surface area contributed by atoms with E-state index >= 15 is 0 Å². The van der Waals surface area contributed by atoms with E-state index in [2.05, 4.69) is 25.9 Å². The summed E-state index contributed by atoms with van der Waals surface area (Å²) in [5.41, 5.74) is 0. The van der Waals surface area contributed by atoms with Crippen molar-refractivity contribution in [3.63, 3.8) is 0 Å². The minimum atomic E-state index is -0.116. The Kier molecular flexibility index (Phi) is 6.86. The van der Waals surface area contributed by atoms with E-state index in [0.29, 0.717) is 31.5 Å². The smallest absolute Gasteiger partial charge is 0.316 e. The number of nitrogens with zero attached hydrogens (tertiary/aromatic N) is 3. The number of rotatable bonds is 7. The van der Waals surface area contributed by atoms with E-state index in [-0.39, 0.29) is 18.6 Å². The molecule has 3 rings (SSSR count). The quantitative estimate of drug-likeness (QED) is 0.664. The first-order valence-corrected chi connectivity index (χ1v) is 9.71. The highest BCUT2D eigenvalue weighted by atomic mass is 79.9. The largest absolute Gasteiger partial charge is 0.494 e. The van der Waals surface area contributed by atoms with Gasteiger partial charge in [-0.3, -0.25) is 4.79 Å². The summed E-state index contributed by atoms with van der Waals surface area (Å²) < 4.78 is 17.6. The summed E-state index contributed by atoms with van der Waals surface area (Å²) in [6.45, 7) is 3.75. The number of likely N-dealkylation sites (tertiary alicyclic amines) is 1. The standard InChI is InChI=1S/C19H22BrN3O4/c1-2-25-15-5-7-16(8-6-15)26-13-18(24)23-9-3-4-17(12-23)27-19-21-10-14(20)11-22-19/h5-8,10-11,17H,2-4,9,12-13H2,1H3. The van der Waals surface area contributed by atoms with Gasteiger partial charge in [0.05, 0.1) is 17.6 Å². The molecule has 27 heavy (non-hydrogen) atoms. The second-order valence-corrected chi connectivity index (χ2v) is 7.01. The molecule has 0 radical (unpaired) electrons. The Morgan fingerprint density at radius 1 is 1.19 bits per heavy atom. The molecule has 1 aliphatic rings. The molecule has 1 atom stereocenters. The maximum atomic E-state index is 12.5. The van der Waals surface area contributed by atoms with Crippen LogP contribution in [-0.4, -0.2) is 53.2 Å². The van der Waals surface area contributed by atoms with Crippen LogP contribution < -0.4 is 14.2 Å². The van der Waals surface area contributed by atoms with Gasteiger partial charge in [-0.25, -0.2) is 9.97 Å². The first-order valence-electron chi connectivity index (χ1n) is 8.91. The van der Waals surface area contributed by atoms with Crippen LogP contribution in [0.2, 0.25) is 0 Å². The van der Waals surface area contributed by atoms with E-state index < -0.39 is 0 Å². The molecule has 0 saturated carbocycles. The van der Waals surface area contributed by atoms with E-state index in [9.17, 15) is 4.79 Å². The molecule has 1 unspecified atom stereocenters. The third-order valence-electron chi connectivity index (χ3n) is 4.10.